The van der Waals surface area contributed by atoms with Crippen LogP contribution in [-0.2, 0) is 4.79 Å². The number of nitrogens with zero attached hydrogens (tertiary/aromatic N) is 4. The number of aryl methyl sites for hydroxylation is 3. The number of aliphatic imine (C=N–C) groups is 3. The predicted molar refractivity (Wildman–Crippen MR) is 194 cm³/mol. The van der Waals surface area contributed by atoms with Gasteiger partial charge in [-0.3, -0.25) is 9.79 Å². The third-order valence-electron chi connectivity index (χ3n) is 7.33. The molecule has 48 heavy (non-hydrogen) atoms. The summed E-state index contributed by atoms with van der Waals surface area (Å²) in [6.45, 7) is 14.3. The summed E-state index contributed by atoms with van der Waals surface area (Å²) in [5.74, 6) is 1.77. The number of thioether (sulfide) groups is 1. The number of Topliss-reactive ketones (excluding diaryl/α,β-unsaturated/α-hetero) is 1. The lowest BCUT2D eigenvalue weighted by molar-refractivity contribution is -0.274. The van der Waals surface area contributed by atoms with Gasteiger partial charge < -0.3 is 15.0 Å². The maximum Gasteiger partial charge on any atom is 0.573 e. The molecule has 12 heteroatoms. The molecule has 8 nitrogen and oxygen atoms in total. The number of carbonyl (C=O) groups excluding carboxylic acids is 2. The van der Waals surface area contributed by atoms with Crippen LogP contribution in [0.25, 0.3) is 0 Å². The van der Waals surface area contributed by atoms with Crippen molar-refractivity contribution in [2.75, 3.05) is 32.4 Å². The minimum Gasteiger partial charge on any atom is -0.406 e. The predicted octanol–water partition coefficient (Wildman–Crippen LogP) is 8.98. The number of ether oxygens (including phenoxy) is 1. The third kappa shape index (κ3) is 19.9. The fourth-order valence-corrected chi connectivity index (χ4v) is 4.99. The SMILES string of the molecule is CCC/C=N\C(=NC)N1CCC(CCNC(=O)/N=C(/C)SCC(=O)CC)CC1.Cc1ccc(OC(F)(F)F)cc1.Cc1ccccc1C. The maximum atomic E-state index is 11.9. The van der Waals surface area contributed by atoms with Crippen molar-refractivity contribution in [3.05, 3.63) is 65.2 Å². The molecule has 266 valence electrons. The molecule has 1 fully saturated rings. The highest BCUT2D eigenvalue weighted by Crippen LogP contribution is 2.22. The van der Waals surface area contributed by atoms with Gasteiger partial charge in [0.15, 0.2) is 0 Å². The molecule has 2 aromatic carbocycles. The number of amides is 2. The maximum absolute atomic E-state index is 11.9. The molecule has 1 saturated heterocycles. The molecule has 2 aromatic rings. The standard InChI is InChI=1S/C20H35N5O2S.C8H7F3O.C8H10/c1-5-7-11-22-19(21-4)25-13-9-17(10-14-25)8-12-23-20(27)24-16(3)28-15-18(26)6-2;1-6-2-4-7(5-3-6)12-8(9,10)11;1-7-5-3-4-6-8(7)2/h11,17H,5-10,12-15H2,1-4H3,(H,23,27);2-5H,1H3;3-6H,1-2H3/b21-19?,22-11-,24-16-;;. The van der Waals surface area contributed by atoms with E-state index in [4.69, 9.17) is 0 Å². The van der Waals surface area contributed by atoms with E-state index in [9.17, 15) is 22.8 Å². The average molecular weight is 692 g/mol. The van der Waals surface area contributed by atoms with E-state index in [0.717, 1.165) is 56.7 Å². The van der Waals surface area contributed by atoms with Gasteiger partial charge in [-0.15, -0.1) is 24.9 Å². The Kier molecular flexibility index (Phi) is 20.8. The molecule has 0 aromatic heterocycles. The molecule has 0 radical (unpaired) electrons. The van der Waals surface area contributed by atoms with Gasteiger partial charge in [-0.05, 0) is 82.6 Å². The van der Waals surface area contributed by atoms with Crippen LogP contribution in [0.15, 0.2) is 63.5 Å². The van der Waals surface area contributed by atoms with Crippen molar-refractivity contribution in [3.8, 4) is 5.75 Å². The largest absolute Gasteiger partial charge is 0.573 e. The van der Waals surface area contributed by atoms with Crippen molar-refractivity contribution < 1.29 is 27.5 Å². The lowest BCUT2D eigenvalue weighted by Gasteiger charge is -2.32. The summed E-state index contributed by atoms with van der Waals surface area (Å²) in [6.07, 6.45) is 3.04. The van der Waals surface area contributed by atoms with Gasteiger partial charge in [-0.1, -0.05) is 62.2 Å². The monoisotopic (exact) mass is 691 g/mol. The van der Waals surface area contributed by atoms with Gasteiger partial charge in [-0.2, -0.15) is 4.99 Å². The number of halogens is 3. The Bertz CT molecular complexity index is 1300. The molecule has 1 N–H and O–H groups in total. The number of unbranched alkanes of at least 4 members (excludes halogenated alkanes) is 1. The minimum absolute atomic E-state index is 0.165. The highest BCUT2D eigenvalue weighted by atomic mass is 32.2. The number of hydrogen-bond donors (Lipinski definition) is 1. The van der Waals surface area contributed by atoms with Gasteiger partial charge in [0.05, 0.1) is 10.8 Å². The quantitative estimate of drug-likeness (QED) is 0.209. The molecule has 1 aliphatic rings. The molecule has 0 saturated carbocycles. The second kappa shape index (κ2) is 23.6. The number of rotatable bonds is 9. The van der Waals surface area contributed by atoms with Gasteiger partial charge in [-0.25, -0.2) is 9.79 Å². The van der Waals surface area contributed by atoms with Crippen molar-refractivity contribution in [2.24, 2.45) is 20.9 Å². The first kappa shape index (κ1) is 42.4. The Morgan fingerprint density at radius 2 is 1.62 bits per heavy atom. The van der Waals surface area contributed by atoms with E-state index in [0.29, 0.717) is 29.7 Å². The second-order valence-electron chi connectivity index (χ2n) is 11.3. The summed E-state index contributed by atoms with van der Waals surface area (Å²) in [4.78, 5) is 38.2. The van der Waals surface area contributed by atoms with Crippen molar-refractivity contribution in [1.82, 2.24) is 10.2 Å². The molecule has 0 spiro atoms. The van der Waals surface area contributed by atoms with Crippen LogP contribution in [0.2, 0.25) is 0 Å². The van der Waals surface area contributed by atoms with Crippen molar-refractivity contribution in [1.29, 1.82) is 0 Å². The van der Waals surface area contributed by atoms with E-state index in [-0.39, 0.29) is 17.6 Å². The first-order valence-electron chi connectivity index (χ1n) is 16.3. The number of ketones is 1. The molecule has 0 aliphatic carbocycles. The highest BCUT2D eigenvalue weighted by molar-refractivity contribution is 8.14. The van der Waals surface area contributed by atoms with Crippen LogP contribution < -0.4 is 10.1 Å². The Labute approximate surface area is 288 Å². The van der Waals surface area contributed by atoms with Crippen LogP contribution >= 0.6 is 11.8 Å². The molecule has 0 unspecified atom stereocenters. The number of urea groups is 1. The number of carbonyl (C=O) groups is 2. The summed E-state index contributed by atoms with van der Waals surface area (Å²) in [5, 5.41) is 3.48. The lowest BCUT2D eigenvalue weighted by atomic mass is 9.94. The normalized spacial score (nSPS) is 14.1. The van der Waals surface area contributed by atoms with Crippen molar-refractivity contribution in [2.45, 2.75) is 86.4 Å². The smallest absolute Gasteiger partial charge is 0.406 e. The number of piperidine rings is 1. The molecule has 1 heterocycles. The number of hydrogen-bond acceptors (Lipinski definition) is 5. The van der Waals surface area contributed by atoms with Crippen LogP contribution in [0, 0.1) is 26.7 Å². The fraction of sp³-hybridized carbons (Fsp3) is 0.528. The summed E-state index contributed by atoms with van der Waals surface area (Å²) in [7, 11) is 1.79. The van der Waals surface area contributed by atoms with E-state index in [1.54, 1.807) is 33.0 Å². The van der Waals surface area contributed by atoms with Crippen molar-refractivity contribution in [3.63, 3.8) is 0 Å². The molecule has 0 bridgehead atoms. The van der Waals surface area contributed by atoms with Crippen LogP contribution in [0.5, 0.6) is 5.75 Å². The Balaban J connectivity index is 0.000000464. The summed E-state index contributed by atoms with van der Waals surface area (Å²) >= 11 is 1.32. The van der Waals surface area contributed by atoms with Gasteiger partial charge in [0.2, 0.25) is 5.96 Å². The zero-order valence-corrected chi connectivity index (χ0v) is 30.2. The number of benzene rings is 2. The second-order valence-corrected chi connectivity index (χ2v) is 12.5. The van der Waals surface area contributed by atoms with Gasteiger partial charge >= 0.3 is 12.4 Å². The van der Waals surface area contributed by atoms with Gasteiger partial charge in [0, 0.05) is 39.3 Å². The zero-order chi connectivity index (χ0) is 36.0. The zero-order valence-electron chi connectivity index (χ0n) is 29.4. The number of guanidine groups is 1. The molecular formula is C36H52F3N5O3S. The van der Waals surface area contributed by atoms with E-state index in [2.05, 4.69) is 75.0 Å². The lowest BCUT2D eigenvalue weighted by Crippen LogP contribution is -2.38. The number of alkyl halides is 3. The first-order chi connectivity index (χ1) is 22.8. The van der Waals surface area contributed by atoms with E-state index in [1.165, 1.54) is 35.0 Å². The van der Waals surface area contributed by atoms with E-state index in [1.807, 2.05) is 13.1 Å². The number of nitrogens with one attached hydrogen (secondary N) is 1. The fourth-order valence-electron chi connectivity index (χ4n) is 4.27. The molecule has 2 amide bonds. The summed E-state index contributed by atoms with van der Waals surface area (Å²) in [5.41, 5.74) is 3.63. The Hall–Kier alpha value is -3.67. The number of likely N-dealkylation sites (tertiary alicyclic amines) is 1. The summed E-state index contributed by atoms with van der Waals surface area (Å²) in [6, 6.07) is 13.7. The molecule has 1 aliphatic heterocycles. The van der Waals surface area contributed by atoms with Gasteiger partial charge in [0.1, 0.15) is 11.5 Å². The van der Waals surface area contributed by atoms with Crippen LogP contribution in [0.1, 0.15) is 76.0 Å². The third-order valence-corrected chi connectivity index (χ3v) is 8.30. The summed E-state index contributed by atoms with van der Waals surface area (Å²) < 4.78 is 38.5. The Morgan fingerprint density at radius 3 is 2.12 bits per heavy atom. The van der Waals surface area contributed by atoms with E-state index < -0.39 is 6.36 Å². The molecule has 3 rings (SSSR count). The van der Waals surface area contributed by atoms with Gasteiger partial charge in [0.25, 0.3) is 0 Å². The minimum atomic E-state index is -4.60. The van der Waals surface area contributed by atoms with E-state index >= 15 is 0 Å². The average Bonchev–Trinajstić information content (AvgIpc) is 3.05. The molecule has 0 atom stereocenters. The topological polar surface area (TPSA) is 95.7 Å². The first-order valence-corrected chi connectivity index (χ1v) is 17.3. The van der Waals surface area contributed by atoms with Crippen LogP contribution in [0.4, 0.5) is 18.0 Å². The highest BCUT2D eigenvalue weighted by Gasteiger charge is 2.30. The van der Waals surface area contributed by atoms with Crippen LogP contribution in [0.3, 0.4) is 0 Å². The Morgan fingerprint density at radius 1 is 1.02 bits per heavy atom. The van der Waals surface area contributed by atoms with Crippen LogP contribution in [-0.4, -0.2) is 72.7 Å². The van der Waals surface area contributed by atoms with Crippen molar-refractivity contribution >= 4 is 40.8 Å². The molecular weight excluding hydrogens is 639 g/mol.